The average Bonchev–Trinajstić information content (AvgIpc) is 3.14. The molecule has 0 saturated carbocycles. The number of aryl methyl sites for hydroxylation is 1. The number of rotatable bonds is 4. The maximum atomic E-state index is 14.3. The van der Waals surface area contributed by atoms with Crippen molar-refractivity contribution in [2.45, 2.75) is 69.4 Å². The Labute approximate surface area is 202 Å². The van der Waals surface area contributed by atoms with Crippen molar-refractivity contribution < 1.29 is 9.53 Å². The molecule has 3 aliphatic heterocycles. The lowest BCUT2D eigenvalue weighted by molar-refractivity contribution is -0.146. The van der Waals surface area contributed by atoms with Crippen molar-refractivity contribution >= 4 is 16.8 Å². The zero-order valence-corrected chi connectivity index (χ0v) is 20.1. The second kappa shape index (κ2) is 8.81. The number of amides is 1. The van der Waals surface area contributed by atoms with E-state index in [-0.39, 0.29) is 0 Å². The topological polar surface area (TPSA) is 42.4 Å². The number of hydrogen-bond donors (Lipinski definition) is 0. The third-order valence-corrected chi connectivity index (χ3v) is 8.60. The van der Waals surface area contributed by atoms with Crippen LogP contribution in [-0.4, -0.2) is 41.1 Å². The highest BCUT2D eigenvalue weighted by molar-refractivity contribution is 5.89. The summed E-state index contributed by atoms with van der Waals surface area (Å²) in [6, 6.07) is 20.1. The van der Waals surface area contributed by atoms with Crippen molar-refractivity contribution in [2.75, 3.05) is 13.2 Å². The van der Waals surface area contributed by atoms with Crippen molar-refractivity contribution in [3.05, 3.63) is 77.5 Å². The minimum Gasteiger partial charge on any atom is -0.381 e. The lowest BCUT2D eigenvalue weighted by Gasteiger charge is -2.46. The van der Waals surface area contributed by atoms with Gasteiger partial charge in [0.05, 0.1) is 10.9 Å². The molecule has 34 heavy (non-hydrogen) atoms. The van der Waals surface area contributed by atoms with Crippen LogP contribution >= 0.6 is 0 Å². The predicted molar refractivity (Wildman–Crippen MR) is 135 cm³/mol. The summed E-state index contributed by atoms with van der Waals surface area (Å²) in [5.41, 5.74) is 4.37. The second-order valence-electron chi connectivity index (χ2n) is 10.7. The monoisotopic (exact) mass is 454 g/mol. The Morgan fingerprint density at radius 3 is 2.47 bits per heavy atom. The summed E-state index contributed by atoms with van der Waals surface area (Å²) in [5.74, 6) is 0.979. The van der Waals surface area contributed by atoms with E-state index in [0.29, 0.717) is 37.1 Å². The molecular weight excluding hydrogens is 420 g/mol. The molecule has 4 heteroatoms. The van der Waals surface area contributed by atoms with E-state index in [2.05, 4.69) is 71.5 Å². The van der Waals surface area contributed by atoms with Crippen molar-refractivity contribution in [3.63, 3.8) is 0 Å². The molecule has 0 radical (unpaired) electrons. The molecule has 3 fully saturated rings. The summed E-state index contributed by atoms with van der Waals surface area (Å²) in [6.45, 7) is 3.44. The normalized spacial score (nSPS) is 26.0. The third-order valence-electron chi connectivity index (χ3n) is 8.60. The van der Waals surface area contributed by atoms with E-state index in [1.54, 1.807) is 0 Å². The first-order valence-electron chi connectivity index (χ1n) is 12.9. The maximum Gasteiger partial charge on any atom is 0.233 e. The van der Waals surface area contributed by atoms with Crippen LogP contribution in [0.5, 0.6) is 0 Å². The number of fused-ring (bicyclic) bond motifs is 3. The van der Waals surface area contributed by atoms with Crippen LogP contribution in [0.1, 0.15) is 55.2 Å². The zero-order valence-electron chi connectivity index (χ0n) is 20.1. The highest BCUT2D eigenvalue weighted by Crippen LogP contribution is 2.45. The van der Waals surface area contributed by atoms with Gasteiger partial charge in [-0.2, -0.15) is 0 Å². The van der Waals surface area contributed by atoms with E-state index in [1.807, 2.05) is 6.07 Å². The zero-order chi connectivity index (χ0) is 23.1. The summed E-state index contributed by atoms with van der Waals surface area (Å²) < 4.78 is 5.71. The standard InChI is InChI=1S/C30H34N2O2/c1-21-6-8-25(9-7-21)30(12-14-34-15-13-30)29(33)32-26-10-11-27(32)19-22(18-26)16-23-17-24-4-2-3-5-28(24)31-20-23/h2-9,17,20,22,26-27H,10-16,18-19H2,1H3. The van der Waals surface area contributed by atoms with Crippen LogP contribution in [0.3, 0.4) is 0 Å². The molecule has 1 amide bonds. The lowest BCUT2D eigenvalue weighted by atomic mass is 9.72. The van der Waals surface area contributed by atoms with E-state index in [9.17, 15) is 4.79 Å². The SMILES string of the molecule is Cc1ccc(C2(C(=O)N3C4CCC3CC(Cc3cnc5ccccc5c3)C4)CCOCC2)cc1. The van der Waals surface area contributed by atoms with Gasteiger partial charge in [-0.3, -0.25) is 9.78 Å². The molecule has 4 nitrogen and oxygen atoms in total. The van der Waals surface area contributed by atoms with Crippen LogP contribution in [0.25, 0.3) is 10.9 Å². The molecule has 3 aliphatic rings. The van der Waals surface area contributed by atoms with E-state index in [4.69, 9.17) is 4.74 Å². The quantitative estimate of drug-likeness (QED) is 0.515. The number of carbonyl (C=O) groups excluding carboxylic acids is 1. The highest BCUT2D eigenvalue weighted by atomic mass is 16.5. The molecule has 0 spiro atoms. The maximum absolute atomic E-state index is 14.3. The number of nitrogens with zero attached hydrogens (tertiary/aromatic N) is 2. The molecule has 2 aromatic carbocycles. The molecule has 4 heterocycles. The van der Waals surface area contributed by atoms with E-state index in [1.165, 1.54) is 22.1 Å². The Balaban J connectivity index is 1.22. The van der Waals surface area contributed by atoms with Crippen LogP contribution in [0.15, 0.2) is 60.8 Å². The van der Waals surface area contributed by atoms with E-state index < -0.39 is 5.41 Å². The Kier molecular flexibility index (Phi) is 5.65. The third kappa shape index (κ3) is 3.82. The first-order chi connectivity index (χ1) is 16.6. The fourth-order valence-corrected chi connectivity index (χ4v) is 6.82. The van der Waals surface area contributed by atoms with E-state index >= 15 is 0 Å². The minimum absolute atomic E-state index is 0.359. The number of hydrogen-bond acceptors (Lipinski definition) is 3. The molecule has 2 atom stereocenters. The molecule has 6 rings (SSSR count). The highest BCUT2D eigenvalue weighted by Gasteiger charge is 2.51. The predicted octanol–water partition coefficient (Wildman–Crippen LogP) is 5.60. The Hall–Kier alpha value is -2.72. The van der Waals surface area contributed by atoms with Gasteiger partial charge in [-0.05, 0) is 81.0 Å². The van der Waals surface area contributed by atoms with Gasteiger partial charge in [-0.25, -0.2) is 0 Å². The van der Waals surface area contributed by atoms with Crippen LogP contribution in [0.4, 0.5) is 0 Å². The van der Waals surface area contributed by atoms with Gasteiger partial charge in [0.15, 0.2) is 0 Å². The largest absolute Gasteiger partial charge is 0.381 e. The van der Waals surface area contributed by atoms with Gasteiger partial charge >= 0.3 is 0 Å². The van der Waals surface area contributed by atoms with Crippen molar-refractivity contribution in [3.8, 4) is 0 Å². The van der Waals surface area contributed by atoms with Gasteiger partial charge in [0.25, 0.3) is 0 Å². The van der Waals surface area contributed by atoms with Gasteiger partial charge < -0.3 is 9.64 Å². The molecule has 176 valence electrons. The van der Waals surface area contributed by atoms with Gasteiger partial charge in [0.2, 0.25) is 5.91 Å². The van der Waals surface area contributed by atoms with Crippen molar-refractivity contribution in [1.29, 1.82) is 0 Å². The molecule has 1 aromatic heterocycles. The van der Waals surface area contributed by atoms with Crippen LogP contribution < -0.4 is 0 Å². The number of ether oxygens (including phenoxy) is 1. The number of para-hydroxylation sites is 1. The lowest BCUT2D eigenvalue weighted by Crippen LogP contribution is -2.56. The summed E-state index contributed by atoms with van der Waals surface area (Å²) in [6.07, 6.45) is 9.19. The average molecular weight is 455 g/mol. The Morgan fingerprint density at radius 1 is 1.03 bits per heavy atom. The van der Waals surface area contributed by atoms with Crippen LogP contribution in [0.2, 0.25) is 0 Å². The number of carbonyl (C=O) groups is 1. The number of aromatic nitrogens is 1. The first kappa shape index (κ1) is 21.8. The first-order valence-corrected chi connectivity index (χ1v) is 12.9. The number of pyridine rings is 1. The summed E-state index contributed by atoms with van der Waals surface area (Å²) in [7, 11) is 0. The second-order valence-corrected chi connectivity index (χ2v) is 10.7. The fraction of sp³-hybridized carbons (Fsp3) is 0.467. The van der Waals surface area contributed by atoms with Gasteiger partial charge in [-0.1, -0.05) is 48.0 Å². The molecule has 0 N–H and O–H groups in total. The van der Waals surface area contributed by atoms with Gasteiger partial charge in [0.1, 0.15) is 0 Å². The molecule has 2 bridgehead atoms. The summed E-state index contributed by atoms with van der Waals surface area (Å²) in [4.78, 5) is 21.3. The summed E-state index contributed by atoms with van der Waals surface area (Å²) in [5, 5.41) is 1.22. The fourth-order valence-electron chi connectivity index (χ4n) is 6.82. The molecule has 3 saturated heterocycles. The van der Waals surface area contributed by atoms with Crippen molar-refractivity contribution in [1.82, 2.24) is 9.88 Å². The molecule has 2 unspecified atom stereocenters. The smallest absolute Gasteiger partial charge is 0.233 e. The molecule has 3 aromatic rings. The Morgan fingerprint density at radius 2 is 1.74 bits per heavy atom. The van der Waals surface area contributed by atoms with Gasteiger partial charge in [0, 0.05) is 36.9 Å². The molecule has 0 aliphatic carbocycles. The number of piperidine rings is 1. The minimum atomic E-state index is -0.429. The summed E-state index contributed by atoms with van der Waals surface area (Å²) >= 11 is 0. The van der Waals surface area contributed by atoms with Crippen LogP contribution in [0, 0.1) is 12.8 Å². The van der Waals surface area contributed by atoms with Crippen LogP contribution in [-0.2, 0) is 21.4 Å². The van der Waals surface area contributed by atoms with Crippen molar-refractivity contribution in [2.24, 2.45) is 5.92 Å². The molecular formula is C30H34N2O2. The van der Waals surface area contributed by atoms with E-state index in [0.717, 1.165) is 50.5 Å². The number of benzene rings is 2. The Bertz CT molecular complexity index is 1170. The van der Waals surface area contributed by atoms with Gasteiger partial charge in [-0.15, -0.1) is 0 Å².